The van der Waals surface area contributed by atoms with Crippen molar-refractivity contribution in [2.24, 2.45) is 5.92 Å². The number of aliphatic hydroxyl groups excluding tert-OH is 1. The quantitative estimate of drug-likeness (QED) is 0.145. The summed E-state index contributed by atoms with van der Waals surface area (Å²) in [4.78, 5) is 56.6. The molecule has 0 spiro atoms. The van der Waals surface area contributed by atoms with Crippen molar-refractivity contribution >= 4 is 49.7 Å². The topological polar surface area (TPSA) is 309 Å². The number of aliphatic hydroxyl groups is 1. The maximum atomic E-state index is 13.4. The fraction of sp³-hybridized carbons (Fsp3) is 0.545. The van der Waals surface area contributed by atoms with Gasteiger partial charge in [0.05, 0.1) is 32.0 Å². The summed E-state index contributed by atoms with van der Waals surface area (Å²) in [6.07, 6.45) is -5.60. The number of hydrogen-bond acceptors (Lipinski definition) is 17. The Labute approximate surface area is 256 Å². The molecule has 0 radical (unpaired) electrons. The molecular weight excluding hydrogens is 658 g/mol. The van der Waals surface area contributed by atoms with Crippen molar-refractivity contribution in [3.8, 4) is 0 Å². The molecule has 3 aliphatic heterocycles. The lowest BCUT2D eigenvalue weighted by atomic mass is 9.95. The molecule has 10 unspecified atom stereocenters. The molecule has 7 rings (SSSR count). The number of nitrogens with zero attached hydrogens (tertiary/aromatic N) is 7. The van der Waals surface area contributed by atoms with Gasteiger partial charge in [0.1, 0.15) is 36.3 Å². The summed E-state index contributed by atoms with van der Waals surface area (Å²) in [6, 6.07) is 0. The van der Waals surface area contributed by atoms with Gasteiger partial charge in [0, 0.05) is 5.92 Å². The predicted molar refractivity (Wildman–Crippen MR) is 151 cm³/mol. The fourth-order valence-electron chi connectivity index (χ4n) is 5.90. The highest BCUT2D eigenvalue weighted by atomic mass is 31.2. The van der Waals surface area contributed by atoms with Crippen LogP contribution in [0.4, 0.5) is 11.8 Å². The van der Waals surface area contributed by atoms with Crippen LogP contribution in [0.1, 0.15) is 25.8 Å². The van der Waals surface area contributed by atoms with Gasteiger partial charge in [0.25, 0.3) is 5.56 Å². The van der Waals surface area contributed by atoms with E-state index in [1.807, 2.05) is 0 Å². The third-order valence-electron chi connectivity index (χ3n) is 7.98. The van der Waals surface area contributed by atoms with E-state index in [9.17, 15) is 28.8 Å². The zero-order valence-electron chi connectivity index (χ0n) is 23.7. The minimum atomic E-state index is -4.97. The summed E-state index contributed by atoms with van der Waals surface area (Å²) in [5, 5.41) is 11.2. The molecule has 3 fully saturated rings. The van der Waals surface area contributed by atoms with E-state index >= 15 is 0 Å². The zero-order valence-corrected chi connectivity index (χ0v) is 25.5. The van der Waals surface area contributed by atoms with Gasteiger partial charge in [0.2, 0.25) is 5.95 Å². The monoisotopic (exact) mass is 686 g/mol. The normalized spacial score (nSPS) is 37.1. The number of nitrogens with two attached hydrogens (primary N) is 2. The second-order valence-corrected chi connectivity index (χ2v) is 13.5. The molecule has 24 heteroatoms. The maximum Gasteiger partial charge on any atom is 0.472 e. The number of phosphoric acid groups is 2. The molecule has 8 N–H and O–H groups in total. The summed E-state index contributed by atoms with van der Waals surface area (Å²) in [5.41, 5.74) is 11.2. The molecule has 46 heavy (non-hydrogen) atoms. The number of aromatic nitrogens is 8. The average Bonchev–Trinajstić information content (AvgIpc) is 3.75. The van der Waals surface area contributed by atoms with Gasteiger partial charge in [0.15, 0.2) is 35.1 Å². The molecule has 4 aromatic heterocycles. The summed E-state index contributed by atoms with van der Waals surface area (Å²) in [7, 11) is -9.93. The largest absolute Gasteiger partial charge is 0.472 e. The second kappa shape index (κ2) is 11.4. The van der Waals surface area contributed by atoms with Crippen molar-refractivity contribution < 1.29 is 51.6 Å². The number of H-pyrrole nitrogens is 1. The molecule has 2 bridgehead atoms. The van der Waals surface area contributed by atoms with E-state index in [0.717, 1.165) is 0 Å². The Morgan fingerprint density at radius 2 is 1.54 bits per heavy atom. The van der Waals surface area contributed by atoms with E-state index in [1.165, 1.54) is 28.1 Å². The number of imidazole rings is 2. The SMILES string of the molecule is CCC1C2COP(=O)(O)OC3C(COP(=O)(O)OC1C(n1cnc4c(=O)[nH]c(N)nc41)O2)OC(n1cnc2c(N)ncnc21)C3O. The van der Waals surface area contributed by atoms with Crippen molar-refractivity contribution in [3.63, 3.8) is 0 Å². The molecule has 22 nitrogen and oxygen atoms in total. The summed E-state index contributed by atoms with van der Waals surface area (Å²) < 4.78 is 62.9. The molecule has 10 atom stereocenters. The van der Waals surface area contributed by atoms with E-state index in [-0.39, 0.29) is 40.5 Å². The van der Waals surface area contributed by atoms with Gasteiger partial charge < -0.3 is 35.8 Å². The van der Waals surface area contributed by atoms with Gasteiger partial charge in [-0.05, 0) is 6.42 Å². The van der Waals surface area contributed by atoms with Crippen molar-refractivity contribution in [3.05, 3.63) is 29.3 Å². The van der Waals surface area contributed by atoms with Gasteiger partial charge in [-0.15, -0.1) is 0 Å². The Morgan fingerprint density at radius 1 is 0.913 bits per heavy atom. The number of nitrogen functional groups attached to an aromatic ring is 2. The van der Waals surface area contributed by atoms with E-state index in [1.54, 1.807) is 6.92 Å². The van der Waals surface area contributed by atoms with Crippen molar-refractivity contribution in [1.82, 2.24) is 39.0 Å². The lowest BCUT2D eigenvalue weighted by Gasteiger charge is -2.26. The highest BCUT2D eigenvalue weighted by Crippen LogP contribution is 2.55. The first-order valence-electron chi connectivity index (χ1n) is 13.8. The molecule has 0 saturated carbocycles. The number of ether oxygens (including phenoxy) is 2. The van der Waals surface area contributed by atoms with Crippen LogP contribution in [0, 0.1) is 5.92 Å². The average molecular weight is 686 g/mol. The molecule has 7 heterocycles. The smallest absolute Gasteiger partial charge is 0.386 e. The first-order valence-corrected chi connectivity index (χ1v) is 16.8. The zero-order chi connectivity index (χ0) is 32.5. The Balaban J connectivity index is 1.22. The van der Waals surface area contributed by atoms with Crippen LogP contribution in [0.5, 0.6) is 0 Å². The number of anilines is 2. The first-order chi connectivity index (χ1) is 21.9. The Bertz CT molecular complexity index is 1950. The van der Waals surface area contributed by atoms with Crippen LogP contribution in [0.2, 0.25) is 0 Å². The number of aromatic amines is 1. The van der Waals surface area contributed by atoms with Crippen LogP contribution in [0.3, 0.4) is 0 Å². The fourth-order valence-corrected chi connectivity index (χ4v) is 7.82. The van der Waals surface area contributed by atoms with E-state index in [4.69, 9.17) is 39.0 Å². The summed E-state index contributed by atoms with van der Waals surface area (Å²) in [6.45, 7) is 0.425. The standard InChI is InChI=1S/C22H28N10O12P2/c1-2-8-9-3-39-46(37,38)44-15-10(42-20(13(15)33)31-6-27-11-16(23)25-5-26-17(11)31)4-40-45(35,36)43-14(8)21(41-9)32-7-28-12-18(32)29-22(24)30-19(12)34/h5-10,13-15,20-21,33H,2-4H2,1H3,(H,35,36)(H,37,38)(H2,23,25,26)(H3,24,29,30,34). The van der Waals surface area contributed by atoms with Gasteiger partial charge in [-0.1, -0.05) is 6.92 Å². The van der Waals surface area contributed by atoms with E-state index < -0.39 is 83.3 Å². The lowest BCUT2D eigenvalue weighted by Crippen LogP contribution is -2.36. The molecule has 248 valence electrons. The molecular formula is C22H28N10O12P2. The van der Waals surface area contributed by atoms with Crippen LogP contribution >= 0.6 is 15.6 Å². The van der Waals surface area contributed by atoms with Crippen molar-refractivity contribution in [2.75, 3.05) is 24.7 Å². The van der Waals surface area contributed by atoms with Crippen molar-refractivity contribution in [2.45, 2.75) is 56.3 Å². The highest BCUT2D eigenvalue weighted by molar-refractivity contribution is 7.47. The minimum absolute atomic E-state index is 0.0106. The molecule has 3 saturated heterocycles. The molecule has 0 aromatic carbocycles. The second-order valence-electron chi connectivity index (χ2n) is 10.7. The number of hydrogen-bond donors (Lipinski definition) is 6. The lowest BCUT2D eigenvalue weighted by molar-refractivity contribution is -0.0671. The highest BCUT2D eigenvalue weighted by Gasteiger charge is 2.53. The maximum absolute atomic E-state index is 13.4. The van der Waals surface area contributed by atoms with Crippen LogP contribution in [0.25, 0.3) is 22.3 Å². The van der Waals surface area contributed by atoms with Gasteiger partial charge in [-0.3, -0.25) is 37.0 Å². The Kier molecular flexibility index (Phi) is 7.73. The number of rotatable bonds is 3. The number of phosphoric ester groups is 2. The molecule has 0 amide bonds. The summed E-state index contributed by atoms with van der Waals surface area (Å²) >= 11 is 0. The number of fused-ring (bicyclic) bond motifs is 5. The molecule has 3 aliphatic rings. The molecule has 0 aliphatic carbocycles. The van der Waals surface area contributed by atoms with E-state index in [2.05, 4.69) is 29.9 Å². The van der Waals surface area contributed by atoms with Crippen LogP contribution in [-0.2, 0) is 36.7 Å². The van der Waals surface area contributed by atoms with Crippen molar-refractivity contribution in [1.29, 1.82) is 0 Å². The van der Waals surface area contributed by atoms with Crippen LogP contribution < -0.4 is 17.0 Å². The first kappa shape index (κ1) is 31.2. The third-order valence-corrected chi connectivity index (χ3v) is 9.95. The van der Waals surface area contributed by atoms with Gasteiger partial charge >= 0.3 is 15.6 Å². The van der Waals surface area contributed by atoms with E-state index in [0.29, 0.717) is 0 Å². The van der Waals surface area contributed by atoms with Gasteiger partial charge in [-0.2, -0.15) is 4.98 Å². The van der Waals surface area contributed by atoms with Gasteiger partial charge in [-0.25, -0.2) is 29.1 Å². The number of nitrogens with one attached hydrogen (secondary N) is 1. The third kappa shape index (κ3) is 5.40. The van der Waals surface area contributed by atoms with Crippen LogP contribution in [-0.4, -0.2) is 97.7 Å². The Hall–Kier alpha value is -3.40. The summed E-state index contributed by atoms with van der Waals surface area (Å²) in [5.74, 6) is -0.883. The predicted octanol–water partition coefficient (Wildman–Crippen LogP) is -0.676. The molecule has 4 aromatic rings. The Morgan fingerprint density at radius 3 is 2.26 bits per heavy atom. The van der Waals surface area contributed by atoms with Crippen LogP contribution in [0.15, 0.2) is 23.8 Å². The minimum Gasteiger partial charge on any atom is -0.386 e.